The highest BCUT2D eigenvalue weighted by atomic mass is 79.9. The minimum Gasteiger partial charge on any atom is -0.256 e. The van der Waals surface area contributed by atoms with Gasteiger partial charge in [0.15, 0.2) is 0 Å². The second kappa shape index (κ2) is 4.74. The molecule has 3 aliphatic rings. The molecule has 2 nitrogen and oxygen atoms in total. The molecule has 0 saturated carbocycles. The van der Waals surface area contributed by atoms with E-state index < -0.39 is 5.67 Å². The van der Waals surface area contributed by atoms with Gasteiger partial charge in [0.25, 0.3) is 0 Å². The molecule has 2 bridgehead atoms. The van der Waals surface area contributed by atoms with E-state index in [1.165, 1.54) is 0 Å². The van der Waals surface area contributed by atoms with E-state index in [2.05, 4.69) is 0 Å². The van der Waals surface area contributed by atoms with E-state index in [4.69, 9.17) is 0 Å². The first-order chi connectivity index (χ1) is 8.14. The summed E-state index contributed by atoms with van der Waals surface area (Å²) in [7, 11) is 0. The zero-order valence-electron chi connectivity index (χ0n) is 10.3. The van der Waals surface area contributed by atoms with Crippen LogP contribution in [0, 0.1) is 0 Å². The summed E-state index contributed by atoms with van der Waals surface area (Å²) in [4.78, 5) is 12.5. The number of carbonyl (C=O) groups excluding carboxylic acids is 1. The fourth-order valence-electron chi connectivity index (χ4n) is 3.11. The molecule has 3 fully saturated rings. The van der Waals surface area contributed by atoms with Crippen molar-refractivity contribution in [3.63, 3.8) is 0 Å². The summed E-state index contributed by atoms with van der Waals surface area (Å²) in [5.74, 6) is 0.173. The van der Waals surface area contributed by atoms with Gasteiger partial charge in [0, 0.05) is 19.3 Å². The van der Waals surface area contributed by atoms with E-state index in [-0.39, 0.29) is 22.9 Å². The number of nitrogens with zero attached hydrogens (tertiary/aromatic N) is 1. The van der Waals surface area contributed by atoms with Gasteiger partial charge in [0.05, 0.1) is 25.2 Å². The first-order valence-electron chi connectivity index (χ1n) is 6.29. The summed E-state index contributed by atoms with van der Waals surface area (Å²) in [6.45, 7) is 2.01. The van der Waals surface area contributed by atoms with Crippen LogP contribution in [0.5, 0.6) is 0 Å². The van der Waals surface area contributed by atoms with Gasteiger partial charge in [-0.2, -0.15) is 0 Å². The Labute approximate surface area is 117 Å². The Morgan fingerprint density at radius 1 is 1.06 bits per heavy atom. The highest BCUT2D eigenvalue weighted by molar-refractivity contribution is 8.93. The lowest BCUT2D eigenvalue weighted by molar-refractivity contribution is -0.868. The van der Waals surface area contributed by atoms with Gasteiger partial charge in [-0.3, -0.25) is 4.48 Å². The predicted octanol–water partition coefficient (Wildman–Crippen LogP) is 3.13. The fraction of sp³-hybridized carbons (Fsp3) is 0.500. The lowest BCUT2D eigenvalue weighted by Crippen LogP contribution is -2.65. The Morgan fingerprint density at radius 3 is 2.06 bits per heavy atom. The predicted molar refractivity (Wildman–Crippen MR) is 73.6 cm³/mol. The van der Waals surface area contributed by atoms with Gasteiger partial charge in [-0.1, -0.05) is 18.2 Å². The topological polar surface area (TPSA) is 17.1 Å². The van der Waals surface area contributed by atoms with Gasteiger partial charge in [0.1, 0.15) is 5.67 Å². The third-order valence-electron chi connectivity index (χ3n) is 4.42. The summed E-state index contributed by atoms with van der Waals surface area (Å²) in [5.41, 5.74) is -0.211. The summed E-state index contributed by atoms with van der Waals surface area (Å²) in [5, 5.41) is 0. The minimum absolute atomic E-state index is 0. The van der Waals surface area contributed by atoms with Gasteiger partial charge in [-0.05, 0) is 12.1 Å². The molecule has 18 heavy (non-hydrogen) atoms. The highest BCUT2D eigenvalue weighted by Gasteiger charge is 2.53. The molecular weight excluding hydrogens is 297 g/mol. The quantitative estimate of drug-likeness (QED) is 0.728. The number of piperidine rings is 3. The largest absolute Gasteiger partial charge is 0.345 e. The molecule has 0 aliphatic carbocycles. The number of alkyl halides is 1. The van der Waals surface area contributed by atoms with Crippen LogP contribution in [-0.2, 0) is 0 Å². The number of quaternary nitrogens is 1. The Hall–Kier alpha value is -0.740. The number of rotatable bonds is 1. The lowest BCUT2D eigenvalue weighted by atomic mass is 9.82. The molecule has 4 rings (SSSR count). The first kappa shape index (κ1) is 13.7. The lowest BCUT2D eigenvalue weighted by Gasteiger charge is -2.49. The second-order valence-electron chi connectivity index (χ2n) is 5.39. The van der Waals surface area contributed by atoms with Gasteiger partial charge in [-0.25, -0.2) is 9.18 Å². The maximum absolute atomic E-state index is 14.1. The van der Waals surface area contributed by atoms with E-state index >= 15 is 0 Å². The number of benzene rings is 1. The number of amides is 1. The fourth-order valence-corrected chi connectivity index (χ4v) is 3.11. The Balaban J connectivity index is 0.00000120. The van der Waals surface area contributed by atoms with E-state index in [9.17, 15) is 9.18 Å². The summed E-state index contributed by atoms with van der Waals surface area (Å²) in [6, 6.07) is 9.41. The van der Waals surface area contributed by atoms with Crippen molar-refractivity contribution in [3.8, 4) is 0 Å². The maximum atomic E-state index is 14.1. The normalized spacial score (nSPS) is 33.8. The van der Waals surface area contributed by atoms with Crippen LogP contribution in [0.3, 0.4) is 0 Å². The van der Waals surface area contributed by atoms with Gasteiger partial charge < -0.3 is 0 Å². The Kier molecular flexibility index (Phi) is 3.60. The SMILES string of the molecule is Br.O=C(c1ccccc1)[N+]12CCC(F)(CC1)CC2. The van der Waals surface area contributed by atoms with Crippen LogP contribution in [-0.4, -0.2) is 35.7 Å². The molecule has 3 saturated heterocycles. The van der Waals surface area contributed by atoms with E-state index in [1.807, 2.05) is 30.3 Å². The average molecular weight is 315 g/mol. The molecule has 0 spiro atoms. The molecule has 0 unspecified atom stereocenters. The number of hydrogen-bond acceptors (Lipinski definition) is 1. The van der Waals surface area contributed by atoms with Crippen molar-refractivity contribution in [2.24, 2.45) is 0 Å². The van der Waals surface area contributed by atoms with Crippen LogP contribution in [0.1, 0.15) is 29.6 Å². The zero-order chi connectivity index (χ0) is 11.9. The van der Waals surface area contributed by atoms with Crippen LogP contribution in [0.4, 0.5) is 4.39 Å². The molecule has 98 valence electrons. The number of fused-ring (bicyclic) bond motifs is 3. The molecule has 0 N–H and O–H groups in total. The van der Waals surface area contributed by atoms with Crippen LogP contribution in [0.2, 0.25) is 0 Å². The molecule has 1 amide bonds. The molecule has 4 heteroatoms. The van der Waals surface area contributed by atoms with Gasteiger partial charge in [0.2, 0.25) is 0 Å². The van der Waals surface area contributed by atoms with Gasteiger partial charge >= 0.3 is 5.91 Å². The maximum Gasteiger partial charge on any atom is 0.345 e. The molecule has 0 radical (unpaired) electrons. The third kappa shape index (κ3) is 2.12. The van der Waals surface area contributed by atoms with E-state index in [1.54, 1.807) is 0 Å². The van der Waals surface area contributed by atoms with Crippen molar-refractivity contribution in [1.29, 1.82) is 0 Å². The first-order valence-corrected chi connectivity index (χ1v) is 6.29. The van der Waals surface area contributed by atoms with Crippen molar-refractivity contribution in [2.75, 3.05) is 19.6 Å². The smallest absolute Gasteiger partial charge is 0.256 e. The van der Waals surface area contributed by atoms with E-state index in [0.29, 0.717) is 43.4 Å². The van der Waals surface area contributed by atoms with Crippen molar-refractivity contribution in [1.82, 2.24) is 0 Å². The van der Waals surface area contributed by atoms with Crippen molar-refractivity contribution in [3.05, 3.63) is 35.9 Å². The zero-order valence-corrected chi connectivity index (χ0v) is 12.0. The summed E-state index contributed by atoms with van der Waals surface area (Å²) >= 11 is 0. The Morgan fingerprint density at radius 2 is 1.56 bits per heavy atom. The Bertz CT molecular complexity index is 424. The number of carbonyl (C=O) groups is 1. The summed E-state index contributed by atoms with van der Waals surface area (Å²) < 4.78 is 14.5. The third-order valence-corrected chi connectivity index (χ3v) is 4.42. The van der Waals surface area contributed by atoms with Crippen molar-refractivity contribution < 1.29 is 13.7 Å². The van der Waals surface area contributed by atoms with Crippen LogP contribution in [0.25, 0.3) is 0 Å². The van der Waals surface area contributed by atoms with Gasteiger partial charge in [-0.15, -0.1) is 17.0 Å². The monoisotopic (exact) mass is 314 g/mol. The molecule has 1 aromatic carbocycles. The molecule has 3 aliphatic heterocycles. The standard InChI is InChI=1S/C14H17FNO.BrH/c15-14-6-9-16(10-7-14,11-8-14)13(17)12-4-2-1-3-5-12;/h1-5H,6-11H2;1H/q+1;. The average Bonchev–Trinajstić information content (AvgIpc) is 2.40. The molecule has 0 atom stereocenters. The number of hydrogen-bond donors (Lipinski definition) is 0. The molecular formula is C14H18BrFNO+. The van der Waals surface area contributed by atoms with Crippen molar-refractivity contribution >= 4 is 22.9 Å². The summed E-state index contributed by atoms with van der Waals surface area (Å²) in [6.07, 6.45) is 1.64. The van der Waals surface area contributed by atoms with E-state index in [0.717, 1.165) is 5.56 Å². The highest BCUT2D eigenvalue weighted by Crippen LogP contribution is 2.40. The van der Waals surface area contributed by atoms with Crippen LogP contribution >= 0.6 is 17.0 Å². The molecule has 1 aromatic rings. The second-order valence-corrected chi connectivity index (χ2v) is 5.39. The minimum atomic E-state index is -0.975. The molecule has 3 heterocycles. The van der Waals surface area contributed by atoms with Crippen molar-refractivity contribution in [2.45, 2.75) is 24.9 Å². The van der Waals surface area contributed by atoms with Crippen LogP contribution in [0.15, 0.2) is 30.3 Å². The van der Waals surface area contributed by atoms with Crippen LogP contribution < -0.4 is 0 Å². The number of halogens is 2. The molecule has 0 aromatic heterocycles.